The maximum atomic E-state index is 12.3. The molecule has 1 heterocycles. The number of hydrogen-bond acceptors (Lipinski definition) is 2. The summed E-state index contributed by atoms with van der Waals surface area (Å²) in [5.41, 5.74) is 6.11. The van der Waals surface area contributed by atoms with Gasteiger partial charge in [0.25, 0.3) is 12.3 Å². The van der Waals surface area contributed by atoms with Gasteiger partial charge in [0.15, 0.2) is 0 Å². The number of nitrogens with one attached hydrogen (secondary N) is 1. The molecule has 1 saturated carbocycles. The predicted molar refractivity (Wildman–Crippen MR) is 63.5 cm³/mol. The molecule has 1 atom stereocenters. The Bertz CT molecular complexity index is 415. The van der Waals surface area contributed by atoms with Crippen molar-refractivity contribution in [2.75, 3.05) is 6.54 Å². The quantitative estimate of drug-likeness (QED) is 0.805. The molecular formula is C12H17F2N3O. The van der Waals surface area contributed by atoms with E-state index in [1.807, 2.05) is 0 Å². The molecule has 3 N–H and O–H groups in total. The van der Waals surface area contributed by atoms with Crippen LogP contribution in [0.4, 0.5) is 8.78 Å². The molecule has 6 heteroatoms. The summed E-state index contributed by atoms with van der Waals surface area (Å²) in [5, 5.41) is 2.69. The number of nitrogens with two attached hydrogens (primary N) is 1. The summed E-state index contributed by atoms with van der Waals surface area (Å²) in [4.78, 5) is 11.8. The fourth-order valence-electron chi connectivity index (χ4n) is 1.92. The normalized spacial score (nSPS) is 16.9. The Labute approximate surface area is 104 Å². The van der Waals surface area contributed by atoms with E-state index in [-0.39, 0.29) is 17.6 Å². The minimum absolute atomic E-state index is 0.0348. The molecule has 1 aliphatic rings. The molecule has 1 fully saturated rings. The van der Waals surface area contributed by atoms with Crippen molar-refractivity contribution in [1.29, 1.82) is 0 Å². The van der Waals surface area contributed by atoms with Gasteiger partial charge in [-0.2, -0.15) is 0 Å². The molecule has 1 aliphatic carbocycles. The SMILES string of the molecule is NC(CNC(=O)c1cccn1CC(F)F)C1CC1. The highest BCUT2D eigenvalue weighted by Gasteiger charge is 2.28. The van der Waals surface area contributed by atoms with Crippen molar-refractivity contribution in [3.05, 3.63) is 24.0 Å². The monoisotopic (exact) mass is 257 g/mol. The van der Waals surface area contributed by atoms with Crippen LogP contribution >= 0.6 is 0 Å². The van der Waals surface area contributed by atoms with Crippen molar-refractivity contribution in [3.63, 3.8) is 0 Å². The highest BCUT2D eigenvalue weighted by molar-refractivity contribution is 5.92. The number of carbonyl (C=O) groups is 1. The van der Waals surface area contributed by atoms with Crippen LogP contribution < -0.4 is 11.1 Å². The lowest BCUT2D eigenvalue weighted by Gasteiger charge is -2.13. The van der Waals surface area contributed by atoms with Crippen LogP contribution in [0.3, 0.4) is 0 Å². The van der Waals surface area contributed by atoms with Gasteiger partial charge >= 0.3 is 0 Å². The van der Waals surface area contributed by atoms with Gasteiger partial charge < -0.3 is 15.6 Å². The Morgan fingerprint density at radius 3 is 2.89 bits per heavy atom. The number of halogens is 2. The first-order chi connectivity index (χ1) is 8.58. The molecule has 1 aromatic heterocycles. The summed E-state index contributed by atoms with van der Waals surface area (Å²) < 4.78 is 25.8. The minimum Gasteiger partial charge on any atom is -0.349 e. The van der Waals surface area contributed by atoms with Crippen LogP contribution in [-0.2, 0) is 6.54 Å². The zero-order chi connectivity index (χ0) is 13.1. The van der Waals surface area contributed by atoms with Gasteiger partial charge in [0.05, 0.1) is 6.54 Å². The Morgan fingerprint density at radius 2 is 2.28 bits per heavy atom. The summed E-state index contributed by atoms with van der Waals surface area (Å²) in [5.74, 6) is 0.148. The highest BCUT2D eigenvalue weighted by atomic mass is 19.3. The second-order valence-corrected chi connectivity index (χ2v) is 4.65. The third-order valence-electron chi connectivity index (χ3n) is 3.12. The molecule has 0 saturated heterocycles. The Morgan fingerprint density at radius 1 is 1.56 bits per heavy atom. The summed E-state index contributed by atoms with van der Waals surface area (Å²) >= 11 is 0. The van der Waals surface area contributed by atoms with Crippen molar-refractivity contribution in [1.82, 2.24) is 9.88 Å². The van der Waals surface area contributed by atoms with Crippen molar-refractivity contribution < 1.29 is 13.6 Å². The Kier molecular flexibility index (Phi) is 3.96. The number of aromatic nitrogens is 1. The van der Waals surface area contributed by atoms with Gasteiger partial charge in [0.2, 0.25) is 0 Å². The molecule has 100 valence electrons. The lowest BCUT2D eigenvalue weighted by atomic mass is 10.2. The third-order valence-corrected chi connectivity index (χ3v) is 3.12. The minimum atomic E-state index is -2.47. The summed E-state index contributed by atoms with van der Waals surface area (Å²) in [6, 6.07) is 3.07. The Balaban J connectivity index is 1.89. The van der Waals surface area contributed by atoms with Crippen LogP contribution in [0.1, 0.15) is 23.3 Å². The van der Waals surface area contributed by atoms with E-state index >= 15 is 0 Å². The first-order valence-electron chi connectivity index (χ1n) is 6.05. The van der Waals surface area contributed by atoms with E-state index in [1.165, 1.54) is 16.8 Å². The van der Waals surface area contributed by atoms with E-state index in [4.69, 9.17) is 5.73 Å². The largest absolute Gasteiger partial charge is 0.349 e. The number of alkyl halides is 2. The maximum Gasteiger partial charge on any atom is 0.267 e. The first kappa shape index (κ1) is 13.0. The van der Waals surface area contributed by atoms with Crippen LogP contribution in [0.25, 0.3) is 0 Å². The van der Waals surface area contributed by atoms with E-state index in [1.54, 1.807) is 6.07 Å². The molecule has 0 aromatic carbocycles. The fourth-order valence-corrected chi connectivity index (χ4v) is 1.92. The van der Waals surface area contributed by atoms with Gasteiger partial charge in [-0.1, -0.05) is 0 Å². The molecule has 0 spiro atoms. The second-order valence-electron chi connectivity index (χ2n) is 4.65. The Hall–Kier alpha value is -1.43. The molecule has 0 bridgehead atoms. The number of nitrogens with zero attached hydrogens (tertiary/aromatic N) is 1. The summed E-state index contributed by atoms with van der Waals surface area (Å²) in [7, 11) is 0. The average molecular weight is 257 g/mol. The van der Waals surface area contributed by atoms with Crippen LogP contribution in [0.15, 0.2) is 18.3 Å². The summed E-state index contributed by atoms with van der Waals surface area (Å²) in [6.07, 6.45) is 1.22. The van der Waals surface area contributed by atoms with Crippen LogP contribution in [-0.4, -0.2) is 29.5 Å². The van der Waals surface area contributed by atoms with Crippen LogP contribution in [0.2, 0.25) is 0 Å². The van der Waals surface area contributed by atoms with E-state index in [9.17, 15) is 13.6 Å². The summed E-state index contributed by atoms with van der Waals surface area (Å²) in [6.45, 7) is -0.0756. The molecule has 1 unspecified atom stereocenters. The van der Waals surface area contributed by atoms with E-state index in [0.717, 1.165) is 12.8 Å². The molecular weight excluding hydrogens is 240 g/mol. The molecule has 18 heavy (non-hydrogen) atoms. The van der Waals surface area contributed by atoms with Crippen molar-refractivity contribution in [2.24, 2.45) is 11.7 Å². The molecule has 0 radical (unpaired) electrons. The first-order valence-corrected chi connectivity index (χ1v) is 6.05. The molecule has 1 amide bonds. The number of carbonyl (C=O) groups excluding carboxylic acids is 1. The second kappa shape index (κ2) is 5.48. The molecule has 1 aromatic rings. The highest BCUT2D eigenvalue weighted by Crippen LogP contribution is 2.31. The van der Waals surface area contributed by atoms with E-state index in [0.29, 0.717) is 12.5 Å². The molecule has 4 nitrogen and oxygen atoms in total. The van der Waals surface area contributed by atoms with E-state index in [2.05, 4.69) is 5.32 Å². The van der Waals surface area contributed by atoms with Crippen LogP contribution in [0, 0.1) is 5.92 Å². The van der Waals surface area contributed by atoms with Crippen LogP contribution in [0.5, 0.6) is 0 Å². The molecule has 0 aliphatic heterocycles. The lowest BCUT2D eigenvalue weighted by molar-refractivity contribution is 0.0927. The van der Waals surface area contributed by atoms with E-state index < -0.39 is 13.0 Å². The van der Waals surface area contributed by atoms with Crippen molar-refractivity contribution in [2.45, 2.75) is 31.9 Å². The topological polar surface area (TPSA) is 60.0 Å². The van der Waals surface area contributed by atoms with Crippen molar-refractivity contribution in [3.8, 4) is 0 Å². The van der Waals surface area contributed by atoms with Gasteiger partial charge in [-0.3, -0.25) is 4.79 Å². The van der Waals surface area contributed by atoms with Gasteiger partial charge in [0.1, 0.15) is 5.69 Å². The number of amides is 1. The smallest absolute Gasteiger partial charge is 0.267 e. The average Bonchev–Trinajstić information content (AvgIpc) is 3.06. The van der Waals surface area contributed by atoms with Gasteiger partial charge in [-0.25, -0.2) is 8.78 Å². The van der Waals surface area contributed by atoms with Gasteiger partial charge in [-0.15, -0.1) is 0 Å². The third kappa shape index (κ3) is 3.29. The number of rotatable bonds is 6. The standard InChI is InChI=1S/C12H17F2N3O/c13-11(14)7-17-5-1-2-10(17)12(18)16-6-9(15)8-3-4-8/h1-2,5,8-9,11H,3-4,6-7,15H2,(H,16,18). The van der Waals surface area contributed by atoms with Crippen molar-refractivity contribution >= 4 is 5.91 Å². The fraction of sp³-hybridized carbons (Fsp3) is 0.583. The lowest BCUT2D eigenvalue weighted by Crippen LogP contribution is -2.39. The molecule has 2 rings (SSSR count). The number of hydrogen-bond donors (Lipinski definition) is 2. The zero-order valence-electron chi connectivity index (χ0n) is 9.98. The predicted octanol–water partition coefficient (Wildman–Crippen LogP) is 1.22. The maximum absolute atomic E-state index is 12.3. The van der Waals surface area contributed by atoms with Gasteiger partial charge in [0, 0.05) is 18.8 Å². The zero-order valence-corrected chi connectivity index (χ0v) is 9.98. The van der Waals surface area contributed by atoms with Gasteiger partial charge in [-0.05, 0) is 30.9 Å².